The summed E-state index contributed by atoms with van der Waals surface area (Å²) in [6.07, 6.45) is 1.47. The number of ether oxygens (including phenoxy) is 2. The molecule has 0 amide bonds. The van der Waals surface area contributed by atoms with Crippen LogP contribution in [0.25, 0.3) is 0 Å². The topological polar surface area (TPSA) is 59.0 Å². The first-order valence-electron chi connectivity index (χ1n) is 7.93. The normalized spacial score (nSPS) is 16.6. The van der Waals surface area contributed by atoms with E-state index in [1.54, 1.807) is 0 Å². The molecule has 122 valence electrons. The van der Waals surface area contributed by atoms with Crippen LogP contribution in [0.3, 0.4) is 0 Å². The zero-order chi connectivity index (χ0) is 15.8. The fraction of sp³-hybridized carbons (Fsp3) is 0.588. The van der Waals surface area contributed by atoms with Gasteiger partial charge in [-0.2, -0.15) is 0 Å². The highest BCUT2D eigenvalue weighted by Crippen LogP contribution is 2.20. The molecule has 1 aromatic rings. The second kappa shape index (κ2) is 8.76. The Morgan fingerprint density at radius 3 is 2.77 bits per heavy atom. The van der Waals surface area contributed by atoms with E-state index in [1.807, 2.05) is 19.1 Å². The first-order valence-corrected chi connectivity index (χ1v) is 7.93. The molecule has 0 unspecified atom stereocenters. The summed E-state index contributed by atoms with van der Waals surface area (Å²) in [4.78, 5) is 13.3. The first-order chi connectivity index (χ1) is 10.7. The summed E-state index contributed by atoms with van der Waals surface area (Å²) >= 11 is 0. The Kier molecular flexibility index (Phi) is 6.68. The minimum atomic E-state index is -0.663. The average molecular weight is 307 g/mol. The van der Waals surface area contributed by atoms with E-state index in [9.17, 15) is 4.79 Å². The molecule has 0 aliphatic carbocycles. The lowest BCUT2D eigenvalue weighted by Gasteiger charge is -2.30. The number of carboxylic acids is 1. The lowest BCUT2D eigenvalue weighted by Crippen LogP contribution is -2.35. The van der Waals surface area contributed by atoms with Gasteiger partial charge in [0.25, 0.3) is 0 Å². The van der Waals surface area contributed by atoms with Crippen LogP contribution >= 0.6 is 0 Å². The van der Waals surface area contributed by atoms with Crippen molar-refractivity contribution in [1.29, 1.82) is 0 Å². The van der Waals surface area contributed by atoms with E-state index in [-0.39, 0.29) is 5.92 Å². The number of nitrogens with zero attached hydrogens (tertiary/aromatic N) is 1. The minimum absolute atomic E-state index is 0.176. The van der Waals surface area contributed by atoms with Crippen molar-refractivity contribution in [2.45, 2.75) is 26.3 Å². The number of rotatable bonds is 8. The molecule has 1 aliphatic heterocycles. The quantitative estimate of drug-likeness (QED) is 0.747. The van der Waals surface area contributed by atoms with Crippen LogP contribution in [0.1, 0.15) is 25.3 Å². The van der Waals surface area contributed by atoms with Crippen LogP contribution in [-0.4, -0.2) is 48.9 Å². The summed E-state index contributed by atoms with van der Waals surface area (Å²) in [6, 6.07) is 8.08. The van der Waals surface area contributed by atoms with Crippen molar-refractivity contribution in [1.82, 2.24) is 4.90 Å². The number of hydrogen-bond donors (Lipinski definition) is 1. The van der Waals surface area contributed by atoms with Crippen LogP contribution in [0.15, 0.2) is 24.3 Å². The Morgan fingerprint density at radius 1 is 1.32 bits per heavy atom. The number of hydrogen-bond acceptors (Lipinski definition) is 4. The fourth-order valence-corrected chi connectivity index (χ4v) is 2.69. The van der Waals surface area contributed by atoms with Crippen LogP contribution in [0.4, 0.5) is 0 Å². The molecule has 0 saturated carbocycles. The maximum Gasteiger partial charge on any atom is 0.306 e. The highest BCUT2D eigenvalue weighted by atomic mass is 16.5. The second-order valence-electron chi connectivity index (χ2n) is 5.58. The van der Waals surface area contributed by atoms with E-state index in [2.05, 4.69) is 17.0 Å². The van der Waals surface area contributed by atoms with Gasteiger partial charge in [0, 0.05) is 13.2 Å². The third-order valence-electron chi connectivity index (χ3n) is 3.94. The van der Waals surface area contributed by atoms with E-state index in [4.69, 9.17) is 14.6 Å². The van der Waals surface area contributed by atoms with Gasteiger partial charge in [-0.15, -0.1) is 0 Å². The SMILES string of the molecule is CCOCCOc1cccc(CN2CCC(C(=O)O)CC2)c1. The third-order valence-corrected chi connectivity index (χ3v) is 3.94. The van der Waals surface area contributed by atoms with Crippen molar-refractivity contribution >= 4 is 5.97 Å². The third kappa shape index (κ3) is 5.31. The Balaban J connectivity index is 1.79. The second-order valence-corrected chi connectivity index (χ2v) is 5.58. The lowest BCUT2D eigenvalue weighted by atomic mass is 9.97. The molecule has 1 aromatic carbocycles. The van der Waals surface area contributed by atoms with Crippen LogP contribution < -0.4 is 4.74 Å². The summed E-state index contributed by atoms with van der Waals surface area (Å²) < 4.78 is 10.9. The minimum Gasteiger partial charge on any atom is -0.491 e. The number of aliphatic carboxylic acids is 1. The Labute approximate surface area is 131 Å². The Hall–Kier alpha value is -1.59. The molecule has 0 radical (unpaired) electrons. The predicted molar refractivity (Wildman–Crippen MR) is 84.1 cm³/mol. The molecular formula is C17H25NO4. The summed E-state index contributed by atoms with van der Waals surface area (Å²) in [5.74, 6) is 0.0199. The van der Waals surface area contributed by atoms with Crippen molar-refractivity contribution in [3.05, 3.63) is 29.8 Å². The molecular weight excluding hydrogens is 282 g/mol. The van der Waals surface area contributed by atoms with Gasteiger partial charge in [-0.05, 0) is 50.6 Å². The lowest BCUT2D eigenvalue weighted by molar-refractivity contribution is -0.143. The Bertz CT molecular complexity index is 469. The van der Waals surface area contributed by atoms with Crippen molar-refractivity contribution in [2.75, 3.05) is 32.9 Å². The number of piperidine rings is 1. The number of likely N-dealkylation sites (tertiary alicyclic amines) is 1. The van der Waals surface area contributed by atoms with E-state index in [0.29, 0.717) is 19.8 Å². The zero-order valence-electron chi connectivity index (χ0n) is 13.2. The summed E-state index contributed by atoms with van der Waals surface area (Å²) in [5.41, 5.74) is 1.20. The molecule has 1 N–H and O–H groups in total. The van der Waals surface area contributed by atoms with Gasteiger partial charge in [0.1, 0.15) is 12.4 Å². The highest BCUT2D eigenvalue weighted by molar-refractivity contribution is 5.70. The predicted octanol–water partition coefficient (Wildman–Crippen LogP) is 2.40. The van der Waals surface area contributed by atoms with Gasteiger partial charge in [-0.3, -0.25) is 9.69 Å². The van der Waals surface area contributed by atoms with E-state index in [0.717, 1.165) is 38.2 Å². The van der Waals surface area contributed by atoms with Gasteiger partial charge in [0.05, 0.1) is 12.5 Å². The van der Waals surface area contributed by atoms with Crippen LogP contribution in [0.5, 0.6) is 5.75 Å². The Morgan fingerprint density at radius 2 is 2.09 bits per heavy atom. The zero-order valence-corrected chi connectivity index (χ0v) is 13.2. The van der Waals surface area contributed by atoms with Crippen molar-refractivity contribution < 1.29 is 19.4 Å². The molecule has 1 aliphatic rings. The average Bonchev–Trinajstić information content (AvgIpc) is 2.52. The van der Waals surface area contributed by atoms with Gasteiger partial charge in [-0.1, -0.05) is 12.1 Å². The van der Waals surface area contributed by atoms with Gasteiger partial charge in [-0.25, -0.2) is 0 Å². The molecule has 0 bridgehead atoms. The molecule has 0 spiro atoms. The highest BCUT2D eigenvalue weighted by Gasteiger charge is 2.24. The van der Waals surface area contributed by atoms with E-state index >= 15 is 0 Å². The summed E-state index contributed by atoms with van der Waals surface area (Å²) in [6.45, 7) is 6.35. The van der Waals surface area contributed by atoms with Gasteiger partial charge < -0.3 is 14.6 Å². The van der Waals surface area contributed by atoms with E-state index < -0.39 is 5.97 Å². The number of benzene rings is 1. The molecule has 2 rings (SSSR count). The molecule has 5 nitrogen and oxygen atoms in total. The molecule has 0 atom stereocenters. The summed E-state index contributed by atoms with van der Waals surface area (Å²) in [5, 5.41) is 9.03. The van der Waals surface area contributed by atoms with Gasteiger partial charge in [0.2, 0.25) is 0 Å². The first kappa shape index (κ1) is 16.8. The van der Waals surface area contributed by atoms with Gasteiger partial charge in [0.15, 0.2) is 0 Å². The standard InChI is InChI=1S/C17H25NO4/c1-2-21-10-11-22-16-5-3-4-14(12-16)13-18-8-6-15(7-9-18)17(19)20/h3-5,12,15H,2,6-11,13H2,1H3,(H,19,20). The molecule has 0 aromatic heterocycles. The monoisotopic (exact) mass is 307 g/mol. The smallest absolute Gasteiger partial charge is 0.306 e. The largest absolute Gasteiger partial charge is 0.491 e. The number of carbonyl (C=O) groups is 1. The van der Waals surface area contributed by atoms with E-state index in [1.165, 1.54) is 5.56 Å². The van der Waals surface area contributed by atoms with Gasteiger partial charge >= 0.3 is 5.97 Å². The van der Waals surface area contributed by atoms with Crippen molar-refractivity contribution in [2.24, 2.45) is 5.92 Å². The maximum atomic E-state index is 11.0. The molecule has 1 fully saturated rings. The molecule has 5 heteroatoms. The summed E-state index contributed by atoms with van der Waals surface area (Å²) in [7, 11) is 0. The maximum absolute atomic E-state index is 11.0. The van der Waals surface area contributed by atoms with Crippen LogP contribution in [0.2, 0.25) is 0 Å². The van der Waals surface area contributed by atoms with Crippen molar-refractivity contribution in [3.8, 4) is 5.75 Å². The van der Waals surface area contributed by atoms with Crippen LogP contribution in [-0.2, 0) is 16.1 Å². The van der Waals surface area contributed by atoms with Crippen molar-refractivity contribution in [3.63, 3.8) is 0 Å². The number of carboxylic acid groups (broad SMARTS) is 1. The fourth-order valence-electron chi connectivity index (χ4n) is 2.69. The molecule has 1 saturated heterocycles. The molecule has 22 heavy (non-hydrogen) atoms. The molecule has 1 heterocycles. The van der Waals surface area contributed by atoms with Crippen LogP contribution in [0, 0.1) is 5.92 Å².